The molecule has 2 aromatic carbocycles. The van der Waals surface area contributed by atoms with E-state index in [9.17, 15) is 14.7 Å². The summed E-state index contributed by atoms with van der Waals surface area (Å²) in [5.41, 5.74) is 2.35. The lowest BCUT2D eigenvalue weighted by molar-refractivity contribution is 0.144. The van der Waals surface area contributed by atoms with Crippen LogP contribution in [-0.2, 0) is 12.1 Å². The standard InChI is InChI=1S/C25H20N4O4/c26-13-14-29-15-27-22-20(23(29)30)19(16-5-2-1-3-6-16)21(33-22)17-7-9-18(10-8-17)25(11-4-12-25)28-24(31)32/h1-3,5-10,15,28H,4,11-12,14H2,(H,31,32). The highest BCUT2D eigenvalue weighted by Gasteiger charge is 2.40. The Morgan fingerprint density at radius 1 is 1.15 bits per heavy atom. The van der Waals surface area contributed by atoms with Gasteiger partial charge in [0.1, 0.15) is 24.0 Å². The molecule has 164 valence electrons. The molecule has 2 heterocycles. The first kappa shape index (κ1) is 20.5. The normalized spacial score (nSPS) is 14.4. The van der Waals surface area contributed by atoms with Gasteiger partial charge in [-0.25, -0.2) is 9.78 Å². The van der Waals surface area contributed by atoms with Gasteiger partial charge in [-0.1, -0.05) is 54.6 Å². The highest BCUT2D eigenvalue weighted by atomic mass is 16.4. The fraction of sp³-hybridized carbons (Fsp3) is 0.200. The Kier molecular flexibility index (Phi) is 4.94. The molecule has 2 N–H and O–H groups in total. The molecule has 1 amide bonds. The van der Waals surface area contributed by atoms with Gasteiger partial charge >= 0.3 is 6.09 Å². The van der Waals surface area contributed by atoms with E-state index in [2.05, 4.69) is 10.3 Å². The zero-order chi connectivity index (χ0) is 23.0. The maximum absolute atomic E-state index is 13.1. The van der Waals surface area contributed by atoms with E-state index in [1.807, 2.05) is 60.7 Å². The van der Waals surface area contributed by atoms with E-state index in [0.29, 0.717) is 16.7 Å². The van der Waals surface area contributed by atoms with Crippen molar-refractivity contribution in [1.29, 1.82) is 5.26 Å². The van der Waals surface area contributed by atoms with Crippen LogP contribution < -0.4 is 10.9 Å². The van der Waals surface area contributed by atoms with E-state index in [1.165, 1.54) is 10.9 Å². The molecule has 0 atom stereocenters. The molecule has 0 saturated heterocycles. The molecule has 2 aromatic heterocycles. The number of rotatable bonds is 5. The number of carboxylic acid groups (broad SMARTS) is 1. The van der Waals surface area contributed by atoms with Crippen molar-refractivity contribution >= 4 is 17.2 Å². The molecule has 5 rings (SSSR count). The first-order valence-electron chi connectivity index (χ1n) is 10.6. The van der Waals surface area contributed by atoms with Crippen LogP contribution in [0, 0.1) is 11.3 Å². The maximum Gasteiger partial charge on any atom is 0.405 e. The number of hydrogen-bond donors (Lipinski definition) is 2. The van der Waals surface area contributed by atoms with Crippen LogP contribution in [0.15, 0.2) is 70.1 Å². The van der Waals surface area contributed by atoms with Crippen LogP contribution in [0.2, 0.25) is 0 Å². The van der Waals surface area contributed by atoms with Crippen molar-refractivity contribution in [1.82, 2.24) is 14.9 Å². The number of aromatic nitrogens is 2. The molecular formula is C25H20N4O4. The second-order valence-corrected chi connectivity index (χ2v) is 8.13. The minimum atomic E-state index is -1.04. The van der Waals surface area contributed by atoms with Gasteiger partial charge < -0.3 is 14.8 Å². The smallest absolute Gasteiger partial charge is 0.405 e. The topological polar surface area (TPSA) is 121 Å². The minimum Gasteiger partial charge on any atom is -0.465 e. The molecule has 0 spiro atoms. The Labute approximate surface area is 188 Å². The van der Waals surface area contributed by atoms with Crippen LogP contribution in [0.3, 0.4) is 0 Å². The number of nitrogens with zero attached hydrogens (tertiary/aromatic N) is 3. The summed E-state index contributed by atoms with van der Waals surface area (Å²) in [7, 11) is 0. The minimum absolute atomic E-state index is 0.107. The Balaban J connectivity index is 1.67. The zero-order valence-electron chi connectivity index (χ0n) is 17.6. The van der Waals surface area contributed by atoms with E-state index >= 15 is 0 Å². The van der Waals surface area contributed by atoms with E-state index in [-0.39, 0.29) is 17.8 Å². The monoisotopic (exact) mass is 440 g/mol. The van der Waals surface area contributed by atoms with Crippen molar-refractivity contribution in [3.63, 3.8) is 0 Å². The Bertz CT molecular complexity index is 1440. The summed E-state index contributed by atoms with van der Waals surface area (Å²) >= 11 is 0. The fourth-order valence-electron chi connectivity index (χ4n) is 4.46. The summed E-state index contributed by atoms with van der Waals surface area (Å²) in [6.45, 7) is -0.107. The number of furan rings is 1. The van der Waals surface area contributed by atoms with Gasteiger partial charge in [-0.3, -0.25) is 9.36 Å². The summed E-state index contributed by atoms with van der Waals surface area (Å²) in [4.78, 5) is 28.7. The zero-order valence-corrected chi connectivity index (χ0v) is 17.6. The Morgan fingerprint density at radius 3 is 2.48 bits per heavy atom. The molecule has 8 nitrogen and oxygen atoms in total. The van der Waals surface area contributed by atoms with Crippen LogP contribution in [-0.4, -0.2) is 20.8 Å². The lowest BCUT2D eigenvalue weighted by Gasteiger charge is -2.42. The van der Waals surface area contributed by atoms with Crippen LogP contribution >= 0.6 is 0 Å². The molecule has 4 aromatic rings. The van der Waals surface area contributed by atoms with Gasteiger partial charge in [0, 0.05) is 11.1 Å². The predicted octanol–water partition coefficient (Wildman–Crippen LogP) is 4.49. The molecular weight excluding hydrogens is 420 g/mol. The van der Waals surface area contributed by atoms with Gasteiger partial charge in [0.05, 0.1) is 11.6 Å². The summed E-state index contributed by atoms with van der Waals surface area (Å²) in [5, 5.41) is 21.3. The summed E-state index contributed by atoms with van der Waals surface area (Å²) < 4.78 is 7.33. The van der Waals surface area contributed by atoms with Crippen molar-refractivity contribution < 1.29 is 14.3 Å². The molecule has 0 bridgehead atoms. The van der Waals surface area contributed by atoms with Crippen LogP contribution in [0.4, 0.5) is 4.79 Å². The third-order valence-electron chi connectivity index (χ3n) is 6.24. The molecule has 0 radical (unpaired) electrons. The molecule has 1 saturated carbocycles. The van der Waals surface area contributed by atoms with Crippen molar-refractivity contribution in [2.45, 2.75) is 31.3 Å². The van der Waals surface area contributed by atoms with E-state index in [4.69, 9.17) is 9.68 Å². The summed E-state index contributed by atoms with van der Waals surface area (Å²) in [6.07, 6.45) is 2.74. The van der Waals surface area contributed by atoms with Gasteiger partial charge in [-0.05, 0) is 30.4 Å². The van der Waals surface area contributed by atoms with E-state index < -0.39 is 11.6 Å². The summed E-state index contributed by atoms with van der Waals surface area (Å²) in [5.74, 6) is 0.496. The predicted molar refractivity (Wildman–Crippen MR) is 121 cm³/mol. The average molecular weight is 440 g/mol. The number of amides is 1. The maximum atomic E-state index is 13.1. The van der Waals surface area contributed by atoms with Gasteiger partial charge in [-0.2, -0.15) is 5.26 Å². The molecule has 1 fully saturated rings. The lowest BCUT2D eigenvalue weighted by Crippen LogP contribution is -2.50. The molecule has 33 heavy (non-hydrogen) atoms. The SMILES string of the molecule is N#CCn1cnc2oc(-c3ccc(C4(NC(=O)O)CCC4)cc3)c(-c3ccccc3)c2c1=O. The number of nitrogens with one attached hydrogen (secondary N) is 1. The van der Waals surface area contributed by atoms with Crippen molar-refractivity contribution in [2.75, 3.05) is 0 Å². The lowest BCUT2D eigenvalue weighted by atomic mass is 9.72. The van der Waals surface area contributed by atoms with Crippen molar-refractivity contribution in [3.05, 3.63) is 76.8 Å². The first-order chi connectivity index (χ1) is 16.0. The number of nitriles is 1. The highest BCUT2D eigenvalue weighted by Crippen LogP contribution is 2.43. The Hall–Kier alpha value is -4.38. The first-order valence-corrected chi connectivity index (χ1v) is 10.6. The summed E-state index contributed by atoms with van der Waals surface area (Å²) in [6, 6.07) is 18.9. The van der Waals surface area contributed by atoms with Crippen LogP contribution in [0.1, 0.15) is 24.8 Å². The third kappa shape index (κ3) is 3.44. The average Bonchev–Trinajstić information content (AvgIpc) is 3.19. The molecule has 0 aliphatic heterocycles. The number of benzene rings is 2. The fourth-order valence-corrected chi connectivity index (χ4v) is 4.46. The largest absolute Gasteiger partial charge is 0.465 e. The Morgan fingerprint density at radius 2 is 1.88 bits per heavy atom. The van der Waals surface area contributed by atoms with Gasteiger partial charge in [-0.15, -0.1) is 0 Å². The molecule has 1 aliphatic rings. The molecule has 8 heteroatoms. The molecule has 0 unspecified atom stereocenters. The number of carbonyl (C=O) groups is 1. The van der Waals surface area contributed by atoms with Gasteiger partial charge in [0.2, 0.25) is 5.71 Å². The van der Waals surface area contributed by atoms with Crippen molar-refractivity contribution in [2.24, 2.45) is 0 Å². The van der Waals surface area contributed by atoms with E-state index in [1.54, 1.807) is 0 Å². The number of hydrogen-bond acceptors (Lipinski definition) is 5. The van der Waals surface area contributed by atoms with E-state index in [0.717, 1.165) is 36.0 Å². The van der Waals surface area contributed by atoms with Gasteiger partial charge in [0.25, 0.3) is 5.56 Å². The van der Waals surface area contributed by atoms with Crippen molar-refractivity contribution in [3.8, 4) is 28.5 Å². The second-order valence-electron chi connectivity index (χ2n) is 8.13. The van der Waals surface area contributed by atoms with Crippen LogP contribution in [0.25, 0.3) is 33.6 Å². The highest BCUT2D eigenvalue weighted by molar-refractivity contribution is 5.99. The number of fused-ring (bicyclic) bond motifs is 1. The quantitative estimate of drug-likeness (QED) is 0.471. The van der Waals surface area contributed by atoms with Gasteiger partial charge in [0.15, 0.2) is 0 Å². The molecule has 1 aliphatic carbocycles. The third-order valence-corrected chi connectivity index (χ3v) is 6.24. The second kappa shape index (κ2) is 7.95. The van der Waals surface area contributed by atoms with Crippen LogP contribution in [0.5, 0.6) is 0 Å².